The van der Waals surface area contributed by atoms with Gasteiger partial charge in [-0.2, -0.15) is 0 Å². The Labute approximate surface area is 93.8 Å². The van der Waals surface area contributed by atoms with Crippen LogP contribution in [-0.4, -0.2) is 14.5 Å². The van der Waals surface area contributed by atoms with Crippen LogP contribution in [0.4, 0.5) is 0 Å². The van der Waals surface area contributed by atoms with E-state index in [0.717, 1.165) is 29.1 Å². The fourth-order valence-corrected chi connectivity index (χ4v) is 1.83. The molecule has 0 bridgehead atoms. The smallest absolute Gasteiger partial charge is 0.177 e. The van der Waals surface area contributed by atoms with Crippen molar-refractivity contribution in [3.05, 3.63) is 46.8 Å². The largest absolute Gasteiger partial charge is 0.337 e. The highest BCUT2D eigenvalue weighted by molar-refractivity contribution is 7.71. The Balaban J connectivity index is 2.09. The highest BCUT2D eigenvalue weighted by Gasteiger charge is 1.99. The van der Waals surface area contributed by atoms with Crippen molar-refractivity contribution in [2.24, 2.45) is 0 Å². The Morgan fingerprint density at radius 2 is 2.33 bits per heavy atom. The minimum Gasteiger partial charge on any atom is -0.337 e. The average molecular weight is 219 g/mol. The second-order valence-corrected chi connectivity index (χ2v) is 3.84. The molecule has 0 spiro atoms. The van der Waals surface area contributed by atoms with Crippen LogP contribution in [0.5, 0.6) is 0 Å². The molecule has 2 rings (SSSR count). The lowest BCUT2D eigenvalue weighted by atomic mass is 10.2. The van der Waals surface area contributed by atoms with Crippen molar-refractivity contribution < 1.29 is 0 Å². The molecule has 2 aromatic rings. The standard InChI is InChI=1S/C11H13N3S/c1-9-8-13-11(15)14(9)7-5-10-4-2-3-6-12-10/h2-4,6,8H,5,7H2,1H3,(H,13,15). The number of imidazole rings is 1. The molecule has 0 unspecified atom stereocenters. The molecular formula is C11H13N3S. The summed E-state index contributed by atoms with van der Waals surface area (Å²) < 4.78 is 2.87. The van der Waals surface area contributed by atoms with Crippen molar-refractivity contribution in [1.82, 2.24) is 14.5 Å². The maximum absolute atomic E-state index is 5.18. The van der Waals surface area contributed by atoms with Gasteiger partial charge < -0.3 is 9.55 Å². The number of pyridine rings is 1. The van der Waals surface area contributed by atoms with Crippen LogP contribution in [0.1, 0.15) is 11.4 Å². The Hall–Kier alpha value is -1.42. The van der Waals surface area contributed by atoms with E-state index < -0.39 is 0 Å². The maximum atomic E-state index is 5.18. The van der Waals surface area contributed by atoms with Crippen LogP contribution in [0.2, 0.25) is 0 Å². The van der Waals surface area contributed by atoms with Crippen molar-refractivity contribution >= 4 is 12.2 Å². The Kier molecular flexibility index (Phi) is 2.97. The molecule has 0 aliphatic heterocycles. The summed E-state index contributed by atoms with van der Waals surface area (Å²) in [6, 6.07) is 5.97. The summed E-state index contributed by atoms with van der Waals surface area (Å²) in [5, 5.41) is 0. The number of hydrogen-bond acceptors (Lipinski definition) is 2. The van der Waals surface area contributed by atoms with E-state index in [9.17, 15) is 0 Å². The van der Waals surface area contributed by atoms with Gasteiger partial charge in [-0.05, 0) is 31.3 Å². The minimum atomic E-state index is 0.781. The van der Waals surface area contributed by atoms with Crippen LogP contribution in [0.3, 0.4) is 0 Å². The third kappa shape index (κ3) is 2.33. The third-order valence-corrected chi connectivity index (χ3v) is 2.73. The summed E-state index contributed by atoms with van der Waals surface area (Å²) in [5.74, 6) is 0. The predicted octanol–water partition coefficient (Wildman–Crippen LogP) is 2.49. The molecular weight excluding hydrogens is 206 g/mol. The zero-order valence-corrected chi connectivity index (χ0v) is 9.42. The van der Waals surface area contributed by atoms with Crippen molar-refractivity contribution in [3.8, 4) is 0 Å². The molecule has 1 N–H and O–H groups in total. The summed E-state index contributed by atoms with van der Waals surface area (Å²) in [6.07, 6.45) is 4.66. The molecule has 4 heteroatoms. The van der Waals surface area contributed by atoms with E-state index in [1.165, 1.54) is 0 Å². The highest BCUT2D eigenvalue weighted by Crippen LogP contribution is 2.03. The summed E-state index contributed by atoms with van der Waals surface area (Å²) in [4.78, 5) is 7.31. The van der Waals surface area contributed by atoms with E-state index in [1.54, 1.807) is 0 Å². The van der Waals surface area contributed by atoms with Gasteiger partial charge in [0.05, 0.1) is 0 Å². The van der Waals surface area contributed by atoms with Gasteiger partial charge in [0.2, 0.25) is 0 Å². The number of nitrogens with one attached hydrogen (secondary N) is 1. The van der Waals surface area contributed by atoms with Gasteiger partial charge in [-0.3, -0.25) is 4.98 Å². The Bertz CT molecular complexity index is 484. The first kappa shape index (κ1) is 10.1. The fourth-order valence-electron chi connectivity index (χ4n) is 1.53. The average Bonchev–Trinajstić information content (AvgIpc) is 2.58. The summed E-state index contributed by atoms with van der Waals surface area (Å²) >= 11 is 5.18. The van der Waals surface area contributed by atoms with Gasteiger partial charge in [0.15, 0.2) is 4.77 Å². The topological polar surface area (TPSA) is 33.6 Å². The van der Waals surface area contributed by atoms with Crippen molar-refractivity contribution in [2.45, 2.75) is 19.9 Å². The van der Waals surface area contributed by atoms with Crippen LogP contribution >= 0.6 is 12.2 Å². The lowest BCUT2D eigenvalue weighted by Gasteiger charge is -2.04. The number of aromatic amines is 1. The van der Waals surface area contributed by atoms with E-state index in [2.05, 4.69) is 14.5 Å². The number of rotatable bonds is 3. The zero-order valence-electron chi connectivity index (χ0n) is 8.60. The predicted molar refractivity (Wildman–Crippen MR) is 62.3 cm³/mol. The van der Waals surface area contributed by atoms with Gasteiger partial charge in [-0.25, -0.2) is 0 Å². The molecule has 0 amide bonds. The molecule has 0 aromatic carbocycles. The first-order valence-electron chi connectivity index (χ1n) is 4.92. The van der Waals surface area contributed by atoms with Gasteiger partial charge in [0.25, 0.3) is 0 Å². The second kappa shape index (κ2) is 4.40. The quantitative estimate of drug-likeness (QED) is 0.805. The van der Waals surface area contributed by atoms with Crippen LogP contribution < -0.4 is 0 Å². The molecule has 0 fully saturated rings. The summed E-state index contributed by atoms with van der Waals surface area (Å²) in [5.41, 5.74) is 2.26. The molecule has 2 aromatic heterocycles. The van der Waals surface area contributed by atoms with Crippen LogP contribution in [0.25, 0.3) is 0 Å². The van der Waals surface area contributed by atoms with E-state index >= 15 is 0 Å². The van der Waals surface area contributed by atoms with Gasteiger partial charge in [0.1, 0.15) is 0 Å². The normalized spacial score (nSPS) is 10.5. The fraction of sp³-hybridized carbons (Fsp3) is 0.273. The van der Waals surface area contributed by atoms with Gasteiger partial charge in [-0.15, -0.1) is 0 Å². The lowest BCUT2D eigenvalue weighted by Crippen LogP contribution is -2.04. The van der Waals surface area contributed by atoms with Crippen molar-refractivity contribution in [2.75, 3.05) is 0 Å². The van der Waals surface area contributed by atoms with E-state index in [4.69, 9.17) is 12.2 Å². The van der Waals surface area contributed by atoms with Gasteiger partial charge in [-0.1, -0.05) is 6.07 Å². The molecule has 0 saturated carbocycles. The van der Waals surface area contributed by atoms with E-state index in [0.29, 0.717) is 0 Å². The zero-order chi connectivity index (χ0) is 10.7. The Morgan fingerprint density at radius 3 is 2.93 bits per heavy atom. The first-order chi connectivity index (χ1) is 7.27. The molecule has 0 radical (unpaired) electrons. The third-order valence-electron chi connectivity index (χ3n) is 2.39. The molecule has 78 valence electrons. The summed E-state index contributed by atoms with van der Waals surface area (Å²) in [6.45, 7) is 2.93. The molecule has 3 nitrogen and oxygen atoms in total. The van der Waals surface area contributed by atoms with E-state index in [-0.39, 0.29) is 0 Å². The molecule has 15 heavy (non-hydrogen) atoms. The summed E-state index contributed by atoms with van der Waals surface area (Å²) in [7, 11) is 0. The first-order valence-corrected chi connectivity index (χ1v) is 5.33. The van der Waals surface area contributed by atoms with Gasteiger partial charge in [0, 0.05) is 36.7 Å². The molecule has 0 aliphatic carbocycles. The number of aromatic nitrogens is 3. The minimum absolute atomic E-state index is 0.781. The maximum Gasteiger partial charge on any atom is 0.177 e. The molecule has 2 heterocycles. The Morgan fingerprint density at radius 1 is 1.47 bits per heavy atom. The number of nitrogens with zero attached hydrogens (tertiary/aromatic N) is 2. The van der Waals surface area contributed by atoms with Gasteiger partial charge >= 0.3 is 0 Å². The van der Waals surface area contributed by atoms with Crippen LogP contribution in [0.15, 0.2) is 30.6 Å². The molecule has 0 aliphatic rings. The number of H-pyrrole nitrogens is 1. The van der Waals surface area contributed by atoms with Crippen molar-refractivity contribution in [3.63, 3.8) is 0 Å². The lowest BCUT2D eigenvalue weighted by molar-refractivity contribution is 0.660. The second-order valence-electron chi connectivity index (χ2n) is 3.46. The monoisotopic (exact) mass is 219 g/mol. The highest BCUT2D eigenvalue weighted by atomic mass is 32.1. The van der Waals surface area contributed by atoms with Crippen LogP contribution in [0, 0.1) is 11.7 Å². The molecule has 0 saturated heterocycles. The van der Waals surface area contributed by atoms with Crippen molar-refractivity contribution in [1.29, 1.82) is 0 Å². The number of aryl methyl sites for hydroxylation is 2. The molecule has 0 atom stereocenters. The number of hydrogen-bond donors (Lipinski definition) is 1. The van der Waals surface area contributed by atoms with Crippen LogP contribution in [-0.2, 0) is 13.0 Å². The SMILES string of the molecule is Cc1c[nH]c(=S)n1CCc1ccccn1. The van der Waals surface area contributed by atoms with E-state index in [1.807, 2.05) is 37.5 Å².